The Balaban J connectivity index is -0.0000000522. The SMILES string of the molecule is CC(=O)O.CC(=O)[O-].O=P(O)(O)O.[K+]. The fourth-order valence-electron chi connectivity index (χ4n) is 0. The van der Waals surface area contributed by atoms with E-state index in [1.165, 1.54) is 0 Å². The Morgan fingerprint density at radius 1 is 1.14 bits per heavy atom. The van der Waals surface area contributed by atoms with Gasteiger partial charge in [0.2, 0.25) is 0 Å². The molecule has 0 heterocycles. The van der Waals surface area contributed by atoms with E-state index in [0.29, 0.717) is 0 Å². The van der Waals surface area contributed by atoms with Crippen molar-refractivity contribution in [2.75, 3.05) is 0 Å². The van der Waals surface area contributed by atoms with E-state index >= 15 is 0 Å². The molecule has 0 saturated heterocycles. The van der Waals surface area contributed by atoms with Gasteiger partial charge < -0.3 is 29.7 Å². The number of carbonyl (C=O) groups is 2. The maximum Gasteiger partial charge on any atom is 1.00 e. The molecule has 0 radical (unpaired) electrons. The average molecular weight is 256 g/mol. The van der Waals surface area contributed by atoms with Crippen LogP contribution in [0.5, 0.6) is 0 Å². The van der Waals surface area contributed by atoms with Crippen molar-refractivity contribution in [3.63, 3.8) is 0 Å². The van der Waals surface area contributed by atoms with Crippen LogP contribution in [0.3, 0.4) is 0 Å². The number of carbonyl (C=O) groups excluding carboxylic acids is 1. The molecular formula is C4H10KO8P. The van der Waals surface area contributed by atoms with E-state index < -0.39 is 19.8 Å². The van der Waals surface area contributed by atoms with Gasteiger partial charge in [-0.15, -0.1) is 0 Å². The van der Waals surface area contributed by atoms with Gasteiger partial charge in [-0.25, -0.2) is 4.57 Å². The first kappa shape index (κ1) is 24.1. The molecule has 0 fully saturated rings. The Morgan fingerprint density at radius 2 is 1.14 bits per heavy atom. The smallest absolute Gasteiger partial charge is 0.550 e. The molecule has 0 aromatic rings. The van der Waals surface area contributed by atoms with E-state index in [4.69, 9.17) is 39.0 Å². The van der Waals surface area contributed by atoms with Crippen LogP contribution in [-0.4, -0.2) is 31.7 Å². The summed E-state index contributed by atoms with van der Waals surface area (Å²) in [7, 11) is -4.64. The molecule has 0 atom stereocenters. The van der Waals surface area contributed by atoms with Gasteiger partial charge in [-0.3, -0.25) is 4.79 Å². The van der Waals surface area contributed by atoms with Crippen LogP contribution in [0.4, 0.5) is 0 Å². The van der Waals surface area contributed by atoms with Crippen LogP contribution < -0.4 is 56.5 Å². The Hall–Kier alpha value is 0.686. The minimum Gasteiger partial charge on any atom is -0.550 e. The zero-order valence-electron chi connectivity index (χ0n) is 7.87. The molecule has 0 amide bonds. The third-order valence-corrected chi connectivity index (χ3v) is 0. The summed E-state index contributed by atoms with van der Waals surface area (Å²) >= 11 is 0. The van der Waals surface area contributed by atoms with E-state index in [0.717, 1.165) is 13.8 Å². The molecule has 0 saturated carbocycles. The van der Waals surface area contributed by atoms with Gasteiger partial charge in [0.25, 0.3) is 5.97 Å². The third-order valence-electron chi connectivity index (χ3n) is 0. The van der Waals surface area contributed by atoms with Crippen molar-refractivity contribution in [3.05, 3.63) is 0 Å². The molecular weight excluding hydrogens is 246 g/mol. The number of hydrogen-bond donors (Lipinski definition) is 4. The molecule has 0 bridgehead atoms. The molecule has 0 aromatic heterocycles. The quantitative estimate of drug-likeness (QED) is 0.248. The van der Waals surface area contributed by atoms with Crippen molar-refractivity contribution in [2.45, 2.75) is 13.8 Å². The maximum atomic E-state index is 9.00. The van der Waals surface area contributed by atoms with Crippen molar-refractivity contribution in [3.8, 4) is 0 Å². The fraction of sp³-hybridized carbons (Fsp3) is 0.500. The zero-order chi connectivity index (χ0) is 11.7. The second-order valence-corrected chi connectivity index (χ2v) is 2.55. The molecule has 0 aliphatic carbocycles. The molecule has 80 valence electrons. The predicted molar refractivity (Wildman–Crippen MR) is 38.3 cm³/mol. The summed E-state index contributed by atoms with van der Waals surface area (Å²) in [4.78, 5) is 39.5. The summed E-state index contributed by atoms with van der Waals surface area (Å²) in [5.74, 6) is -1.92. The van der Waals surface area contributed by atoms with Crippen LogP contribution in [0.15, 0.2) is 0 Å². The van der Waals surface area contributed by atoms with Gasteiger partial charge in [-0.2, -0.15) is 0 Å². The van der Waals surface area contributed by atoms with Crippen LogP contribution >= 0.6 is 7.82 Å². The number of phosphoric acid groups is 1. The van der Waals surface area contributed by atoms with E-state index in [2.05, 4.69) is 0 Å². The Labute approximate surface area is 123 Å². The fourth-order valence-corrected chi connectivity index (χ4v) is 0. The number of carboxylic acids is 2. The first-order chi connectivity index (χ1) is 5.46. The van der Waals surface area contributed by atoms with Gasteiger partial charge in [0.15, 0.2) is 0 Å². The monoisotopic (exact) mass is 256 g/mol. The summed E-state index contributed by atoms with van der Waals surface area (Å²) in [6, 6.07) is 0. The molecule has 0 aliphatic rings. The van der Waals surface area contributed by atoms with Crippen molar-refractivity contribution < 1.29 is 90.4 Å². The normalized spacial score (nSPS) is 7.79. The maximum absolute atomic E-state index is 9.00. The van der Waals surface area contributed by atoms with Gasteiger partial charge in [0.05, 0.1) is 0 Å². The standard InChI is InChI=1S/2C2H4O2.K.H3O4P/c2*1-2(3)4;;1-5(2,3)4/h2*1H3,(H,3,4);;(H3,1,2,3,4)/q;;+1;/p-1. The zero-order valence-corrected chi connectivity index (χ0v) is 11.9. The Morgan fingerprint density at radius 3 is 1.14 bits per heavy atom. The first-order valence-corrected chi connectivity index (χ1v) is 4.18. The number of aliphatic carboxylic acids is 2. The van der Waals surface area contributed by atoms with E-state index in [1.807, 2.05) is 0 Å². The van der Waals surface area contributed by atoms with Gasteiger partial charge in [-0.1, -0.05) is 0 Å². The third kappa shape index (κ3) is 3680. The minimum absolute atomic E-state index is 0. The summed E-state index contributed by atoms with van der Waals surface area (Å²) in [5, 5.41) is 16.3. The summed E-state index contributed by atoms with van der Waals surface area (Å²) < 4.78 is 8.88. The van der Waals surface area contributed by atoms with Gasteiger partial charge in [0.1, 0.15) is 0 Å². The van der Waals surface area contributed by atoms with Crippen LogP contribution in [-0.2, 0) is 14.2 Å². The Bertz CT molecular complexity index is 169. The summed E-state index contributed by atoms with van der Waals surface area (Å²) in [6.07, 6.45) is 0. The molecule has 0 spiro atoms. The number of rotatable bonds is 0. The van der Waals surface area contributed by atoms with Gasteiger partial charge in [0, 0.05) is 12.9 Å². The first-order valence-electron chi connectivity index (χ1n) is 2.62. The van der Waals surface area contributed by atoms with Gasteiger partial charge >= 0.3 is 59.2 Å². The van der Waals surface area contributed by atoms with E-state index in [-0.39, 0.29) is 51.4 Å². The largest absolute Gasteiger partial charge is 1.00 e. The van der Waals surface area contributed by atoms with Crippen molar-refractivity contribution in [1.82, 2.24) is 0 Å². The Kier molecular flexibility index (Phi) is 23.5. The second kappa shape index (κ2) is 13.7. The van der Waals surface area contributed by atoms with Crippen molar-refractivity contribution in [1.29, 1.82) is 0 Å². The molecule has 14 heavy (non-hydrogen) atoms. The predicted octanol–water partition coefficient (Wildman–Crippen LogP) is -5.08. The van der Waals surface area contributed by atoms with Crippen molar-refractivity contribution >= 4 is 19.8 Å². The van der Waals surface area contributed by atoms with E-state index in [9.17, 15) is 0 Å². The van der Waals surface area contributed by atoms with Crippen molar-refractivity contribution in [2.24, 2.45) is 0 Å². The average Bonchev–Trinajstić information content (AvgIpc) is 1.50. The summed E-state index contributed by atoms with van der Waals surface area (Å²) in [5.41, 5.74) is 0. The topological polar surface area (TPSA) is 155 Å². The van der Waals surface area contributed by atoms with Crippen LogP contribution in [0.25, 0.3) is 0 Å². The van der Waals surface area contributed by atoms with Crippen LogP contribution in [0, 0.1) is 0 Å². The van der Waals surface area contributed by atoms with Gasteiger partial charge in [-0.05, 0) is 6.92 Å². The molecule has 10 heteroatoms. The number of hydrogen-bond acceptors (Lipinski definition) is 4. The summed E-state index contributed by atoms with van der Waals surface area (Å²) in [6.45, 7) is 2.06. The molecule has 0 aliphatic heterocycles. The molecule has 4 N–H and O–H groups in total. The second-order valence-electron chi connectivity index (χ2n) is 1.52. The minimum atomic E-state index is -4.64. The molecule has 0 rings (SSSR count). The number of carboxylic acid groups (broad SMARTS) is 2. The van der Waals surface area contributed by atoms with Crippen LogP contribution in [0.2, 0.25) is 0 Å². The molecule has 0 aromatic carbocycles. The molecule has 0 unspecified atom stereocenters. The molecule has 8 nitrogen and oxygen atoms in total. The van der Waals surface area contributed by atoms with E-state index in [1.54, 1.807) is 0 Å². The van der Waals surface area contributed by atoms with Crippen LogP contribution in [0.1, 0.15) is 13.8 Å².